The van der Waals surface area contributed by atoms with Crippen LogP contribution in [0.25, 0.3) is 11.1 Å². The standard InChI is InChI=1S/C20H19N3O/c1-21-17-10-13-19(22-14-17)20(24)23(2)18-11-8-16(9-12-18)15-6-4-3-5-7-15/h3-14,21H,1-2H3. The van der Waals surface area contributed by atoms with Crippen molar-refractivity contribution in [2.24, 2.45) is 0 Å². The minimum atomic E-state index is -0.134. The maximum Gasteiger partial charge on any atom is 0.276 e. The Bertz CT molecular complexity index is 812. The van der Waals surface area contributed by atoms with E-state index in [0.29, 0.717) is 5.69 Å². The molecule has 0 unspecified atom stereocenters. The molecule has 0 aliphatic heterocycles. The van der Waals surface area contributed by atoms with Crippen LogP contribution in [0, 0.1) is 0 Å². The highest BCUT2D eigenvalue weighted by molar-refractivity contribution is 6.04. The van der Waals surface area contributed by atoms with Crippen LogP contribution in [0.5, 0.6) is 0 Å². The Balaban J connectivity index is 1.79. The Labute approximate surface area is 141 Å². The number of rotatable bonds is 4. The van der Waals surface area contributed by atoms with E-state index in [9.17, 15) is 4.79 Å². The van der Waals surface area contributed by atoms with Crippen molar-refractivity contribution in [2.45, 2.75) is 0 Å². The lowest BCUT2D eigenvalue weighted by atomic mass is 10.1. The Morgan fingerprint density at radius 3 is 2.17 bits per heavy atom. The van der Waals surface area contributed by atoms with Gasteiger partial charge in [0.15, 0.2) is 0 Å². The first-order valence-electron chi connectivity index (χ1n) is 7.76. The van der Waals surface area contributed by atoms with E-state index in [1.54, 1.807) is 24.2 Å². The number of pyridine rings is 1. The molecule has 3 rings (SSSR count). The van der Waals surface area contributed by atoms with Crippen molar-refractivity contribution >= 4 is 17.3 Å². The van der Waals surface area contributed by atoms with Crippen LogP contribution in [-0.2, 0) is 0 Å². The lowest BCUT2D eigenvalue weighted by molar-refractivity contribution is 0.0988. The highest BCUT2D eigenvalue weighted by Gasteiger charge is 2.14. The molecule has 1 heterocycles. The first kappa shape index (κ1) is 15.7. The third-order valence-corrected chi connectivity index (χ3v) is 3.94. The first-order valence-corrected chi connectivity index (χ1v) is 7.76. The minimum absolute atomic E-state index is 0.134. The quantitative estimate of drug-likeness (QED) is 0.789. The van der Waals surface area contributed by atoms with E-state index in [0.717, 1.165) is 22.5 Å². The Kier molecular flexibility index (Phi) is 4.57. The average molecular weight is 317 g/mol. The summed E-state index contributed by atoms with van der Waals surface area (Å²) in [5.41, 5.74) is 4.41. The molecule has 2 aromatic carbocycles. The van der Waals surface area contributed by atoms with Gasteiger partial charge in [0, 0.05) is 19.8 Å². The maximum absolute atomic E-state index is 12.5. The second kappa shape index (κ2) is 6.96. The van der Waals surface area contributed by atoms with E-state index in [4.69, 9.17) is 0 Å². The zero-order valence-electron chi connectivity index (χ0n) is 13.7. The molecular weight excluding hydrogens is 298 g/mol. The van der Waals surface area contributed by atoms with Crippen molar-refractivity contribution in [3.05, 3.63) is 78.6 Å². The molecule has 1 N–H and O–H groups in total. The first-order chi connectivity index (χ1) is 11.7. The number of hydrogen-bond donors (Lipinski definition) is 1. The molecule has 4 nitrogen and oxygen atoms in total. The van der Waals surface area contributed by atoms with Gasteiger partial charge in [0.25, 0.3) is 5.91 Å². The average Bonchev–Trinajstić information content (AvgIpc) is 2.68. The van der Waals surface area contributed by atoms with E-state index >= 15 is 0 Å². The summed E-state index contributed by atoms with van der Waals surface area (Å²) in [6, 6.07) is 21.7. The normalized spacial score (nSPS) is 10.2. The number of amides is 1. The largest absolute Gasteiger partial charge is 0.387 e. The lowest BCUT2D eigenvalue weighted by Crippen LogP contribution is -2.26. The summed E-state index contributed by atoms with van der Waals surface area (Å²) >= 11 is 0. The van der Waals surface area contributed by atoms with Gasteiger partial charge in [-0.3, -0.25) is 4.79 Å². The summed E-state index contributed by atoms with van der Waals surface area (Å²) in [5.74, 6) is -0.134. The third kappa shape index (κ3) is 3.27. The van der Waals surface area contributed by atoms with Crippen molar-refractivity contribution in [1.82, 2.24) is 4.98 Å². The monoisotopic (exact) mass is 317 g/mol. The number of nitrogens with one attached hydrogen (secondary N) is 1. The number of nitrogens with zero attached hydrogens (tertiary/aromatic N) is 2. The molecule has 120 valence electrons. The number of aromatic nitrogens is 1. The zero-order valence-corrected chi connectivity index (χ0v) is 13.7. The summed E-state index contributed by atoms with van der Waals surface area (Å²) in [5, 5.41) is 2.99. The fourth-order valence-electron chi connectivity index (χ4n) is 2.47. The molecule has 0 atom stereocenters. The van der Waals surface area contributed by atoms with Crippen LogP contribution < -0.4 is 10.2 Å². The fraction of sp³-hybridized carbons (Fsp3) is 0.100. The van der Waals surface area contributed by atoms with Gasteiger partial charge in [-0.1, -0.05) is 42.5 Å². The molecule has 0 bridgehead atoms. The lowest BCUT2D eigenvalue weighted by Gasteiger charge is -2.17. The van der Waals surface area contributed by atoms with Gasteiger partial charge in [-0.05, 0) is 35.4 Å². The van der Waals surface area contributed by atoms with Gasteiger partial charge < -0.3 is 10.2 Å². The van der Waals surface area contributed by atoms with E-state index in [1.165, 1.54) is 0 Å². The summed E-state index contributed by atoms with van der Waals surface area (Å²) in [4.78, 5) is 18.4. The predicted octanol–water partition coefficient (Wildman–Crippen LogP) is 4.07. The molecule has 0 saturated heterocycles. The molecule has 0 radical (unpaired) electrons. The molecule has 24 heavy (non-hydrogen) atoms. The molecule has 0 aliphatic rings. The Morgan fingerprint density at radius 2 is 1.58 bits per heavy atom. The van der Waals surface area contributed by atoms with E-state index < -0.39 is 0 Å². The van der Waals surface area contributed by atoms with Gasteiger partial charge in [-0.2, -0.15) is 0 Å². The van der Waals surface area contributed by atoms with Crippen molar-refractivity contribution in [3.8, 4) is 11.1 Å². The predicted molar refractivity (Wildman–Crippen MR) is 98.4 cm³/mol. The molecule has 0 saturated carbocycles. The van der Waals surface area contributed by atoms with Crippen LogP contribution in [0.2, 0.25) is 0 Å². The van der Waals surface area contributed by atoms with Crippen LogP contribution in [0.15, 0.2) is 72.9 Å². The topological polar surface area (TPSA) is 45.2 Å². The number of anilines is 2. The van der Waals surface area contributed by atoms with Gasteiger partial charge in [0.05, 0.1) is 11.9 Å². The van der Waals surface area contributed by atoms with Gasteiger partial charge in [0.2, 0.25) is 0 Å². The zero-order chi connectivity index (χ0) is 16.9. The Hall–Kier alpha value is -3.14. The van der Waals surface area contributed by atoms with Crippen LogP contribution >= 0.6 is 0 Å². The van der Waals surface area contributed by atoms with Crippen molar-refractivity contribution in [2.75, 3.05) is 24.3 Å². The maximum atomic E-state index is 12.5. The SMILES string of the molecule is CNc1ccc(C(=O)N(C)c2ccc(-c3ccccc3)cc2)nc1. The number of benzene rings is 2. The molecule has 1 aromatic heterocycles. The Morgan fingerprint density at radius 1 is 0.917 bits per heavy atom. The van der Waals surface area contributed by atoms with Crippen LogP contribution in [-0.4, -0.2) is 25.0 Å². The third-order valence-electron chi connectivity index (χ3n) is 3.94. The van der Waals surface area contributed by atoms with Gasteiger partial charge in [-0.15, -0.1) is 0 Å². The summed E-state index contributed by atoms with van der Waals surface area (Å²) in [7, 11) is 3.58. The van der Waals surface area contributed by atoms with E-state index in [-0.39, 0.29) is 5.91 Å². The molecular formula is C20H19N3O. The number of carbonyl (C=O) groups is 1. The smallest absolute Gasteiger partial charge is 0.276 e. The molecule has 4 heteroatoms. The highest BCUT2D eigenvalue weighted by atomic mass is 16.2. The van der Waals surface area contributed by atoms with Gasteiger partial charge in [-0.25, -0.2) is 4.98 Å². The van der Waals surface area contributed by atoms with Crippen LogP contribution in [0.4, 0.5) is 11.4 Å². The second-order valence-electron chi connectivity index (χ2n) is 5.46. The second-order valence-corrected chi connectivity index (χ2v) is 5.46. The summed E-state index contributed by atoms with van der Waals surface area (Å²) in [6.45, 7) is 0. The van der Waals surface area contributed by atoms with Gasteiger partial charge >= 0.3 is 0 Å². The van der Waals surface area contributed by atoms with Crippen molar-refractivity contribution in [1.29, 1.82) is 0 Å². The fourth-order valence-corrected chi connectivity index (χ4v) is 2.47. The van der Waals surface area contributed by atoms with Crippen molar-refractivity contribution < 1.29 is 4.79 Å². The molecule has 0 aliphatic carbocycles. The number of carbonyl (C=O) groups excluding carboxylic acids is 1. The van der Waals surface area contributed by atoms with Crippen LogP contribution in [0.1, 0.15) is 10.5 Å². The highest BCUT2D eigenvalue weighted by Crippen LogP contribution is 2.23. The van der Waals surface area contributed by atoms with Crippen molar-refractivity contribution in [3.63, 3.8) is 0 Å². The van der Waals surface area contributed by atoms with Crippen LogP contribution in [0.3, 0.4) is 0 Å². The summed E-state index contributed by atoms with van der Waals surface area (Å²) < 4.78 is 0. The molecule has 0 fully saturated rings. The molecule has 1 amide bonds. The van der Waals surface area contributed by atoms with E-state index in [2.05, 4.69) is 22.4 Å². The molecule has 3 aromatic rings. The number of hydrogen-bond acceptors (Lipinski definition) is 3. The van der Waals surface area contributed by atoms with Gasteiger partial charge in [0.1, 0.15) is 5.69 Å². The molecule has 0 spiro atoms. The summed E-state index contributed by atoms with van der Waals surface area (Å²) in [6.07, 6.45) is 1.65. The minimum Gasteiger partial charge on any atom is -0.387 e. The van der Waals surface area contributed by atoms with E-state index in [1.807, 2.05) is 55.6 Å².